The standard InChI is InChI=1S/C19H22ClN3O/c1-22-11-14(10-21-22)8-13-6-7-23(12-13)19(24)18-9-17(18)15-2-4-16(20)5-3-15/h2-5,10-11,13,17-18H,6-9,12H2,1H3/t13-,17+,18+/m0/s1. The van der Waals surface area contributed by atoms with E-state index in [2.05, 4.69) is 28.3 Å². The molecule has 1 saturated heterocycles. The van der Waals surface area contributed by atoms with Crippen LogP contribution in [0.3, 0.4) is 0 Å². The monoisotopic (exact) mass is 343 g/mol. The molecule has 0 bridgehead atoms. The summed E-state index contributed by atoms with van der Waals surface area (Å²) in [6, 6.07) is 7.93. The summed E-state index contributed by atoms with van der Waals surface area (Å²) in [6.07, 6.45) is 7.09. The minimum Gasteiger partial charge on any atom is -0.342 e. The first kappa shape index (κ1) is 15.7. The van der Waals surface area contributed by atoms with E-state index in [1.807, 2.05) is 30.1 Å². The normalized spacial score (nSPS) is 25.9. The van der Waals surface area contributed by atoms with E-state index < -0.39 is 0 Å². The molecule has 1 aliphatic heterocycles. The molecule has 126 valence electrons. The van der Waals surface area contributed by atoms with E-state index in [0.29, 0.717) is 17.7 Å². The maximum Gasteiger partial charge on any atom is 0.226 e. The fourth-order valence-corrected chi connectivity index (χ4v) is 4.02. The maximum atomic E-state index is 12.7. The number of hydrogen-bond donors (Lipinski definition) is 0. The van der Waals surface area contributed by atoms with Crippen LogP contribution in [0.15, 0.2) is 36.7 Å². The Kier molecular flexibility index (Phi) is 4.09. The molecule has 2 aromatic rings. The molecule has 4 nitrogen and oxygen atoms in total. The number of nitrogens with zero attached hydrogens (tertiary/aromatic N) is 3. The largest absolute Gasteiger partial charge is 0.342 e. The SMILES string of the molecule is Cn1cc(C[C@@H]2CCN(C(=O)[C@@H]3C[C@@H]3c3ccc(Cl)cc3)C2)cn1. The summed E-state index contributed by atoms with van der Waals surface area (Å²) in [4.78, 5) is 14.8. The lowest BCUT2D eigenvalue weighted by Gasteiger charge is -2.16. The Morgan fingerprint density at radius 1 is 1.33 bits per heavy atom. The number of rotatable bonds is 4. The Hall–Kier alpha value is -1.81. The van der Waals surface area contributed by atoms with Crippen LogP contribution in [0.2, 0.25) is 5.02 Å². The molecule has 5 heteroatoms. The highest BCUT2D eigenvalue weighted by Gasteiger charge is 2.46. The number of hydrogen-bond acceptors (Lipinski definition) is 2. The minimum atomic E-state index is 0.170. The smallest absolute Gasteiger partial charge is 0.226 e. The van der Waals surface area contributed by atoms with E-state index >= 15 is 0 Å². The van der Waals surface area contributed by atoms with Gasteiger partial charge in [-0.2, -0.15) is 5.10 Å². The Morgan fingerprint density at radius 2 is 2.12 bits per heavy atom. The Bertz CT molecular complexity index is 739. The van der Waals surface area contributed by atoms with Crippen molar-refractivity contribution in [3.63, 3.8) is 0 Å². The molecule has 1 aromatic carbocycles. The van der Waals surface area contributed by atoms with Crippen LogP contribution in [0.1, 0.15) is 29.9 Å². The fourth-order valence-electron chi connectivity index (χ4n) is 3.89. The first-order valence-corrected chi connectivity index (χ1v) is 8.99. The molecule has 2 aliphatic rings. The summed E-state index contributed by atoms with van der Waals surface area (Å²) in [6.45, 7) is 1.78. The van der Waals surface area contributed by atoms with Crippen molar-refractivity contribution in [1.82, 2.24) is 14.7 Å². The summed E-state index contributed by atoms with van der Waals surface area (Å²) in [5.41, 5.74) is 2.51. The van der Waals surface area contributed by atoms with E-state index in [-0.39, 0.29) is 5.92 Å². The van der Waals surface area contributed by atoms with Crippen molar-refractivity contribution >= 4 is 17.5 Å². The van der Waals surface area contributed by atoms with Crippen LogP contribution in [-0.4, -0.2) is 33.7 Å². The molecule has 2 heterocycles. The van der Waals surface area contributed by atoms with Gasteiger partial charge in [-0.15, -0.1) is 0 Å². The second-order valence-electron chi connectivity index (χ2n) is 7.17. The van der Waals surface area contributed by atoms with Gasteiger partial charge in [-0.3, -0.25) is 9.48 Å². The van der Waals surface area contributed by atoms with Gasteiger partial charge in [0.05, 0.1) is 6.20 Å². The summed E-state index contributed by atoms with van der Waals surface area (Å²) >= 11 is 5.94. The van der Waals surface area contributed by atoms with Crippen molar-refractivity contribution in [3.8, 4) is 0 Å². The summed E-state index contributed by atoms with van der Waals surface area (Å²) in [5, 5.41) is 4.98. The maximum absolute atomic E-state index is 12.7. The van der Waals surface area contributed by atoms with Gasteiger partial charge in [-0.1, -0.05) is 23.7 Å². The molecular formula is C19H22ClN3O. The molecule has 1 saturated carbocycles. The summed E-state index contributed by atoms with van der Waals surface area (Å²) < 4.78 is 1.84. The predicted molar refractivity (Wildman–Crippen MR) is 93.9 cm³/mol. The molecule has 1 amide bonds. The van der Waals surface area contributed by atoms with Crippen molar-refractivity contribution in [2.45, 2.75) is 25.2 Å². The first-order chi connectivity index (χ1) is 11.6. The number of amides is 1. The van der Waals surface area contributed by atoms with Gasteiger partial charge < -0.3 is 4.90 Å². The van der Waals surface area contributed by atoms with E-state index in [0.717, 1.165) is 37.4 Å². The number of aromatic nitrogens is 2. The fraction of sp³-hybridized carbons (Fsp3) is 0.474. The molecular weight excluding hydrogens is 322 g/mol. The van der Waals surface area contributed by atoms with Crippen LogP contribution >= 0.6 is 11.6 Å². The third-order valence-corrected chi connectivity index (χ3v) is 5.54. The molecule has 1 aliphatic carbocycles. The molecule has 1 aromatic heterocycles. The molecule has 0 spiro atoms. The number of likely N-dealkylation sites (tertiary alicyclic amines) is 1. The predicted octanol–water partition coefficient (Wildman–Crippen LogP) is 3.27. The zero-order valence-corrected chi connectivity index (χ0v) is 14.6. The minimum absolute atomic E-state index is 0.170. The van der Waals surface area contributed by atoms with Crippen molar-refractivity contribution in [1.29, 1.82) is 0 Å². The first-order valence-electron chi connectivity index (χ1n) is 8.62. The second kappa shape index (κ2) is 6.25. The van der Waals surface area contributed by atoms with Gasteiger partial charge in [-0.25, -0.2) is 0 Å². The number of carbonyl (C=O) groups excluding carboxylic acids is 1. The van der Waals surface area contributed by atoms with Crippen LogP contribution in [-0.2, 0) is 18.3 Å². The Labute approximate surface area is 147 Å². The van der Waals surface area contributed by atoms with Gasteiger partial charge in [-0.05, 0) is 54.4 Å². The highest BCUT2D eigenvalue weighted by Crippen LogP contribution is 2.49. The van der Waals surface area contributed by atoms with Crippen LogP contribution in [0.5, 0.6) is 0 Å². The van der Waals surface area contributed by atoms with Gasteiger partial charge in [0.25, 0.3) is 0 Å². The Balaban J connectivity index is 1.32. The molecule has 2 fully saturated rings. The quantitative estimate of drug-likeness (QED) is 0.854. The molecule has 0 N–H and O–H groups in total. The average molecular weight is 344 g/mol. The topological polar surface area (TPSA) is 38.1 Å². The van der Waals surface area contributed by atoms with Crippen molar-refractivity contribution in [2.24, 2.45) is 18.9 Å². The van der Waals surface area contributed by atoms with Crippen molar-refractivity contribution in [3.05, 3.63) is 52.8 Å². The number of benzene rings is 1. The number of carbonyl (C=O) groups is 1. The summed E-state index contributed by atoms with van der Waals surface area (Å²) in [5.74, 6) is 1.45. The molecule has 0 radical (unpaired) electrons. The molecule has 3 atom stereocenters. The molecule has 0 unspecified atom stereocenters. The van der Waals surface area contributed by atoms with E-state index in [9.17, 15) is 4.79 Å². The molecule has 24 heavy (non-hydrogen) atoms. The van der Waals surface area contributed by atoms with E-state index in [4.69, 9.17) is 11.6 Å². The van der Waals surface area contributed by atoms with Gasteiger partial charge in [0, 0.05) is 37.3 Å². The van der Waals surface area contributed by atoms with Crippen LogP contribution < -0.4 is 0 Å². The van der Waals surface area contributed by atoms with Gasteiger partial charge in [0.1, 0.15) is 0 Å². The zero-order valence-electron chi connectivity index (χ0n) is 13.9. The van der Waals surface area contributed by atoms with Crippen LogP contribution in [0, 0.1) is 11.8 Å². The third kappa shape index (κ3) is 3.20. The zero-order chi connectivity index (χ0) is 16.7. The van der Waals surface area contributed by atoms with Gasteiger partial charge >= 0.3 is 0 Å². The third-order valence-electron chi connectivity index (χ3n) is 5.29. The van der Waals surface area contributed by atoms with Crippen molar-refractivity contribution < 1.29 is 4.79 Å². The van der Waals surface area contributed by atoms with Gasteiger partial charge in [0.15, 0.2) is 0 Å². The van der Waals surface area contributed by atoms with Crippen LogP contribution in [0.25, 0.3) is 0 Å². The Morgan fingerprint density at radius 3 is 2.83 bits per heavy atom. The highest BCUT2D eigenvalue weighted by atomic mass is 35.5. The second-order valence-corrected chi connectivity index (χ2v) is 7.60. The summed E-state index contributed by atoms with van der Waals surface area (Å²) in [7, 11) is 1.94. The lowest BCUT2D eigenvalue weighted by atomic mass is 10.0. The average Bonchev–Trinajstić information content (AvgIpc) is 3.05. The lowest BCUT2D eigenvalue weighted by Crippen LogP contribution is -2.30. The number of halogens is 1. The number of aryl methyl sites for hydroxylation is 1. The van der Waals surface area contributed by atoms with Crippen LogP contribution in [0.4, 0.5) is 0 Å². The molecule has 4 rings (SSSR count). The van der Waals surface area contributed by atoms with E-state index in [1.54, 1.807) is 0 Å². The lowest BCUT2D eigenvalue weighted by molar-refractivity contribution is -0.131. The highest BCUT2D eigenvalue weighted by molar-refractivity contribution is 6.30. The van der Waals surface area contributed by atoms with E-state index in [1.165, 1.54) is 11.1 Å². The van der Waals surface area contributed by atoms with Gasteiger partial charge in [0.2, 0.25) is 5.91 Å². The van der Waals surface area contributed by atoms with Crippen molar-refractivity contribution in [2.75, 3.05) is 13.1 Å².